The fraction of sp³-hybridized carbons (Fsp3) is 0.617. The number of esters is 1. The standard InChI is InChI=1S/C31H45NO4.C27H37NO4.C2H4O2/c1-20-11-12-23(21(2)16-20)17-25(33)18-24(19-27(34)35-31(6,7)8)29-28(22-13-14-22)26(36-32-29)10-9-15-30(3,4)5;1-17-8-9-20(18(2)13-17)14-22(29)15-21(16-24(30)31)26-25(19-10-11-19)23(32-28-26)7-6-12-27(3,4)5;1-2(3)4/h11-12,16,22,24H,9-10,13-15,17-19H2,1-8H3;8-9,13,19,21H,6-7,10-12,14-16H2,1-5H3,(H,30,31);1H3,(H,3,4). The Morgan fingerprint density at radius 2 is 0.986 bits per heavy atom. The molecule has 72 heavy (non-hydrogen) atoms. The van der Waals surface area contributed by atoms with E-state index in [9.17, 15) is 24.3 Å². The molecule has 2 aromatic heterocycles. The summed E-state index contributed by atoms with van der Waals surface area (Å²) in [6.45, 7) is 28.2. The van der Waals surface area contributed by atoms with Gasteiger partial charge >= 0.3 is 11.9 Å². The molecule has 2 N–H and O–H groups in total. The Bertz CT molecular complexity index is 2460. The normalized spacial score (nSPS) is 14.6. The van der Waals surface area contributed by atoms with Crippen LogP contribution >= 0.6 is 0 Å². The third kappa shape index (κ3) is 21.0. The SMILES string of the molecule is CC(=O)O.Cc1ccc(CC(=O)CC(CC(=O)O)c2noc(CCCC(C)(C)C)c2C2CC2)c(C)c1.Cc1ccc(CC(=O)CC(CC(=O)OC(C)(C)C)c2noc(CCCC(C)(C)C)c2C2CC2)c(C)c1. The number of ketones is 2. The minimum Gasteiger partial charge on any atom is -0.481 e. The second kappa shape index (κ2) is 26.0. The fourth-order valence-corrected chi connectivity index (χ4v) is 9.35. The summed E-state index contributed by atoms with van der Waals surface area (Å²) in [7, 11) is 0. The molecule has 0 aliphatic heterocycles. The van der Waals surface area contributed by atoms with Crippen LogP contribution in [0.5, 0.6) is 0 Å². The summed E-state index contributed by atoms with van der Waals surface area (Å²) in [4.78, 5) is 59.7. The van der Waals surface area contributed by atoms with Gasteiger partial charge < -0.3 is 24.0 Å². The average Bonchev–Trinajstić information content (AvgIpc) is 4.17. The highest BCUT2D eigenvalue weighted by Gasteiger charge is 2.38. The van der Waals surface area contributed by atoms with E-state index < -0.39 is 23.5 Å². The largest absolute Gasteiger partial charge is 0.481 e. The zero-order valence-corrected chi connectivity index (χ0v) is 46.1. The van der Waals surface area contributed by atoms with Gasteiger partial charge in [0.2, 0.25) is 0 Å². The van der Waals surface area contributed by atoms with Gasteiger partial charge in [0.25, 0.3) is 5.97 Å². The van der Waals surface area contributed by atoms with Crippen LogP contribution in [0.4, 0.5) is 0 Å². The Labute approximate surface area is 429 Å². The first-order valence-corrected chi connectivity index (χ1v) is 26.2. The summed E-state index contributed by atoms with van der Waals surface area (Å²) in [5, 5.41) is 25.8. The maximum absolute atomic E-state index is 13.3. The molecule has 2 saturated carbocycles. The molecule has 2 unspecified atom stereocenters. The molecule has 0 spiro atoms. The van der Waals surface area contributed by atoms with E-state index in [1.54, 1.807) is 0 Å². The summed E-state index contributed by atoms with van der Waals surface area (Å²) in [5.41, 5.74) is 10.3. The molecule has 0 amide bonds. The van der Waals surface area contributed by atoms with Gasteiger partial charge in [0.15, 0.2) is 0 Å². The van der Waals surface area contributed by atoms with Crippen LogP contribution in [0.15, 0.2) is 45.4 Å². The summed E-state index contributed by atoms with van der Waals surface area (Å²) in [6.07, 6.45) is 11.4. The van der Waals surface area contributed by atoms with Crippen molar-refractivity contribution in [2.75, 3.05) is 0 Å². The van der Waals surface area contributed by atoms with Crippen molar-refractivity contribution in [3.8, 4) is 0 Å². The molecule has 2 aliphatic rings. The van der Waals surface area contributed by atoms with Crippen LogP contribution in [-0.4, -0.2) is 55.6 Å². The van der Waals surface area contributed by atoms with Gasteiger partial charge in [-0.25, -0.2) is 0 Å². The number of aromatic nitrogens is 2. The van der Waals surface area contributed by atoms with Crippen molar-refractivity contribution in [3.05, 3.63) is 104 Å². The van der Waals surface area contributed by atoms with Crippen molar-refractivity contribution < 1.29 is 48.0 Å². The predicted octanol–water partition coefficient (Wildman–Crippen LogP) is 13.9. The number of Topliss-reactive ketones (excluding diaryl/α,β-unsaturated/α-hetero) is 2. The monoisotopic (exact) mass is 995 g/mol. The Balaban J connectivity index is 0.000000292. The summed E-state index contributed by atoms with van der Waals surface area (Å²) < 4.78 is 17.3. The van der Waals surface area contributed by atoms with Gasteiger partial charge in [0.1, 0.15) is 28.7 Å². The van der Waals surface area contributed by atoms with Crippen molar-refractivity contribution in [1.82, 2.24) is 10.3 Å². The molecule has 2 aliphatic carbocycles. The molecule has 2 heterocycles. The molecular formula is C60H86N2O10. The van der Waals surface area contributed by atoms with Crippen LogP contribution < -0.4 is 0 Å². The van der Waals surface area contributed by atoms with E-state index >= 15 is 0 Å². The molecule has 0 saturated heterocycles. The van der Waals surface area contributed by atoms with Crippen molar-refractivity contribution in [1.29, 1.82) is 0 Å². The van der Waals surface area contributed by atoms with Crippen LogP contribution in [0.3, 0.4) is 0 Å². The molecule has 2 fully saturated rings. The van der Waals surface area contributed by atoms with Gasteiger partial charge in [0, 0.05) is 68.4 Å². The van der Waals surface area contributed by atoms with Crippen LogP contribution in [0.1, 0.15) is 237 Å². The Hall–Kier alpha value is -5.39. The Morgan fingerprint density at radius 1 is 0.611 bits per heavy atom. The number of hydrogen-bond acceptors (Lipinski definition) is 10. The van der Waals surface area contributed by atoms with Gasteiger partial charge in [0.05, 0.1) is 24.2 Å². The highest BCUT2D eigenvalue weighted by atomic mass is 16.6. The maximum atomic E-state index is 13.3. The van der Waals surface area contributed by atoms with Crippen LogP contribution in [0.25, 0.3) is 0 Å². The molecule has 4 aromatic rings. The maximum Gasteiger partial charge on any atom is 0.306 e. The number of hydrogen-bond donors (Lipinski definition) is 2. The van der Waals surface area contributed by atoms with Gasteiger partial charge in [-0.15, -0.1) is 0 Å². The first-order valence-electron chi connectivity index (χ1n) is 26.2. The van der Waals surface area contributed by atoms with Crippen molar-refractivity contribution in [2.24, 2.45) is 10.8 Å². The third-order valence-electron chi connectivity index (χ3n) is 13.0. The number of benzene rings is 2. The number of rotatable bonds is 22. The molecule has 12 heteroatoms. The summed E-state index contributed by atoms with van der Waals surface area (Å²) >= 11 is 0. The number of aliphatic carboxylic acids is 2. The van der Waals surface area contributed by atoms with Crippen molar-refractivity contribution in [3.63, 3.8) is 0 Å². The number of ether oxygens (including phenoxy) is 1. The Morgan fingerprint density at radius 3 is 1.31 bits per heavy atom. The second-order valence-corrected chi connectivity index (χ2v) is 24.2. The molecule has 0 bridgehead atoms. The minimum absolute atomic E-state index is 0.0437. The highest BCUT2D eigenvalue weighted by Crippen LogP contribution is 2.48. The van der Waals surface area contributed by atoms with E-state index in [-0.39, 0.29) is 60.0 Å². The fourth-order valence-electron chi connectivity index (χ4n) is 9.35. The quantitative estimate of drug-likeness (QED) is 0.0711. The van der Waals surface area contributed by atoms with Gasteiger partial charge in [-0.3, -0.25) is 24.0 Å². The van der Waals surface area contributed by atoms with Crippen molar-refractivity contribution in [2.45, 2.75) is 229 Å². The summed E-state index contributed by atoms with van der Waals surface area (Å²) in [5.74, 6) is -0.0268. The van der Waals surface area contributed by atoms with E-state index in [0.29, 0.717) is 30.4 Å². The van der Waals surface area contributed by atoms with Gasteiger partial charge in [-0.05, 0) is 145 Å². The van der Waals surface area contributed by atoms with Crippen molar-refractivity contribution >= 4 is 29.5 Å². The lowest BCUT2D eigenvalue weighted by Gasteiger charge is -2.22. The van der Waals surface area contributed by atoms with Crippen LogP contribution in [-0.2, 0) is 54.4 Å². The topological polar surface area (TPSA) is 187 Å². The third-order valence-corrected chi connectivity index (χ3v) is 13.0. The molecule has 396 valence electrons. The number of carboxylic acids is 2. The molecule has 6 rings (SSSR count). The van der Waals surface area contributed by atoms with E-state index in [1.165, 1.54) is 5.56 Å². The zero-order valence-electron chi connectivity index (χ0n) is 46.1. The van der Waals surface area contributed by atoms with E-state index in [1.807, 2.05) is 65.8 Å². The second-order valence-electron chi connectivity index (χ2n) is 24.2. The number of aryl methyl sites for hydroxylation is 6. The predicted molar refractivity (Wildman–Crippen MR) is 282 cm³/mol. The minimum atomic E-state index is -0.909. The Kier molecular flexibility index (Phi) is 21.4. The molecule has 0 radical (unpaired) electrons. The zero-order chi connectivity index (χ0) is 53.7. The molecular weight excluding hydrogens is 909 g/mol. The van der Waals surface area contributed by atoms with Gasteiger partial charge in [-0.1, -0.05) is 99.4 Å². The lowest BCUT2D eigenvalue weighted by molar-refractivity contribution is -0.155. The smallest absolute Gasteiger partial charge is 0.306 e. The number of nitrogens with zero attached hydrogens (tertiary/aromatic N) is 2. The van der Waals surface area contributed by atoms with Crippen LogP contribution in [0, 0.1) is 38.5 Å². The average molecular weight is 995 g/mol. The van der Waals surface area contributed by atoms with Crippen LogP contribution in [0.2, 0.25) is 0 Å². The van der Waals surface area contributed by atoms with Gasteiger partial charge in [-0.2, -0.15) is 0 Å². The van der Waals surface area contributed by atoms with E-state index in [2.05, 4.69) is 70.9 Å². The lowest BCUT2D eigenvalue weighted by atomic mass is 9.86. The lowest BCUT2D eigenvalue weighted by Crippen LogP contribution is -2.26. The highest BCUT2D eigenvalue weighted by molar-refractivity contribution is 5.84. The first-order chi connectivity index (χ1) is 33.5. The summed E-state index contributed by atoms with van der Waals surface area (Å²) in [6, 6.07) is 12.3. The number of carbonyl (C=O) groups is 5. The molecule has 12 nitrogen and oxygen atoms in total. The molecule has 2 atom stereocenters. The molecule has 2 aromatic carbocycles. The van der Waals surface area contributed by atoms with E-state index in [0.717, 1.165) is 127 Å². The van der Waals surface area contributed by atoms with E-state index in [4.69, 9.17) is 23.7 Å². The number of carbonyl (C=O) groups excluding carboxylic acids is 3. The number of carboxylic acid groups (broad SMARTS) is 2. The first kappa shape index (κ1) is 59.2.